The standard InChI is InChI=1S/C18H21NO4/c1-11(20)22-15-10-9-14(12-7-5-6-8-13(12)15)16(19)17(21)23-18(2,3)4/h5-10,16H,19H2,1-4H3. The van der Waals surface area contributed by atoms with Crippen LogP contribution >= 0.6 is 0 Å². The summed E-state index contributed by atoms with van der Waals surface area (Å²) in [6, 6.07) is 9.74. The van der Waals surface area contributed by atoms with E-state index in [0.29, 0.717) is 11.3 Å². The lowest BCUT2D eigenvalue weighted by Crippen LogP contribution is -2.31. The Bertz CT molecular complexity index is 746. The van der Waals surface area contributed by atoms with Gasteiger partial charge in [-0.3, -0.25) is 4.79 Å². The van der Waals surface area contributed by atoms with Gasteiger partial charge in [0.25, 0.3) is 0 Å². The summed E-state index contributed by atoms with van der Waals surface area (Å²) >= 11 is 0. The Balaban J connectivity index is 2.46. The molecule has 2 rings (SSSR count). The number of carbonyl (C=O) groups excluding carboxylic acids is 2. The second-order valence-electron chi connectivity index (χ2n) is 6.30. The molecular formula is C18H21NO4. The summed E-state index contributed by atoms with van der Waals surface area (Å²) in [7, 11) is 0. The van der Waals surface area contributed by atoms with Crippen molar-refractivity contribution in [2.24, 2.45) is 5.73 Å². The smallest absolute Gasteiger partial charge is 0.328 e. The molecule has 0 aliphatic carbocycles. The van der Waals surface area contributed by atoms with Crippen LogP contribution in [0.15, 0.2) is 36.4 Å². The molecule has 23 heavy (non-hydrogen) atoms. The topological polar surface area (TPSA) is 78.6 Å². The second-order valence-corrected chi connectivity index (χ2v) is 6.30. The van der Waals surface area contributed by atoms with Crippen LogP contribution in [0, 0.1) is 0 Å². The van der Waals surface area contributed by atoms with Crippen molar-refractivity contribution in [3.8, 4) is 5.75 Å². The molecule has 122 valence electrons. The fraction of sp³-hybridized carbons (Fsp3) is 0.333. The van der Waals surface area contributed by atoms with E-state index in [0.717, 1.165) is 10.8 Å². The summed E-state index contributed by atoms with van der Waals surface area (Å²) in [5.41, 5.74) is 6.10. The van der Waals surface area contributed by atoms with E-state index in [-0.39, 0.29) is 0 Å². The van der Waals surface area contributed by atoms with Crippen molar-refractivity contribution in [2.75, 3.05) is 0 Å². The van der Waals surface area contributed by atoms with Gasteiger partial charge in [-0.15, -0.1) is 0 Å². The Morgan fingerprint density at radius 1 is 1.04 bits per heavy atom. The lowest BCUT2D eigenvalue weighted by Gasteiger charge is -2.23. The Hall–Kier alpha value is -2.40. The second kappa shape index (κ2) is 6.38. The van der Waals surface area contributed by atoms with Crippen LogP contribution in [0.25, 0.3) is 10.8 Å². The molecule has 1 unspecified atom stereocenters. The zero-order valence-corrected chi connectivity index (χ0v) is 13.8. The Morgan fingerprint density at radius 2 is 1.65 bits per heavy atom. The van der Waals surface area contributed by atoms with E-state index in [2.05, 4.69) is 0 Å². The number of benzene rings is 2. The molecule has 0 spiro atoms. The molecule has 0 heterocycles. The molecule has 2 N–H and O–H groups in total. The number of carbonyl (C=O) groups is 2. The minimum atomic E-state index is -0.912. The first kappa shape index (κ1) is 17.0. The normalized spacial score (nSPS) is 12.7. The van der Waals surface area contributed by atoms with Crippen molar-refractivity contribution in [1.82, 2.24) is 0 Å². The van der Waals surface area contributed by atoms with Crippen molar-refractivity contribution in [2.45, 2.75) is 39.3 Å². The SMILES string of the molecule is CC(=O)Oc1ccc(C(N)C(=O)OC(C)(C)C)c2ccccc12. The highest BCUT2D eigenvalue weighted by molar-refractivity contribution is 5.95. The Morgan fingerprint density at radius 3 is 2.22 bits per heavy atom. The molecule has 0 aliphatic rings. The third-order valence-corrected chi connectivity index (χ3v) is 3.17. The van der Waals surface area contributed by atoms with Gasteiger partial charge in [-0.2, -0.15) is 0 Å². The van der Waals surface area contributed by atoms with Crippen molar-refractivity contribution in [3.63, 3.8) is 0 Å². The number of ether oxygens (including phenoxy) is 2. The first-order valence-corrected chi connectivity index (χ1v) is 7.37. The van der Waals surface area contributed by atoms with Gasteiger partial charge in [-0.1, -0.05) is 30.3 Å². The molecule has 5 nitrogen and oxygen atoms in total. The van der Waals surface area contributed by atoms with E-state index in [4.69, 9.17) is 15.2 Å². The first-order chi connectivity index (χ1) is 10.7. The fourth-order valence-electron chi connectivity index (χ4n) is 2.30. The average molecular weight is 315 g/mol. The highest BCUT2D eigenvalue weighted by atomic mass is 16.6. The third-order valence-electron chi connectivity index (χ3n) is 3.17. The first-order valence-electron chi connectivity index (χ1n) is 7.37. The molecule has 0 fully saturated rings. The number of fused-ring (bicyclic) bond motifs is 1. The van der Waals surface area contributed by atoms with Gasteiger partial charge < -0.3 is 15.2 Å². The minimum Gasteiger partial charge on any atom is -0.459 e. The lowest BCUT2D eigenvalue weighted by molar-refractivity contribution is -0.156. The van der Waals surface area contributed by atoms with Crippen LogP contribution in [0.5, 0.6) is 5.75 Å². The highest BCUT2D eigenvalue weighted by Crippen LogP contribution is 2.32. The number of hydrogen-bond acceptors (Lipinski definition) is 5. The van der Waals surface area contributed by atoms with Crippen molar-refractivity contribution in [1.29, 1.82) is 0 Å². The largest absolute Gasteiger partial charge is 0.459 e. The maximum Gasteiger partial charge on any atom is 0.328 e. The van der Waals surface area contributed by atoms with Crippen LogP contribution in [0.1, 0.15) is 39.3 Å². The molecule has 0 aliphatic heterocycles. The van der Waals surface area contributed by atoms with Crippen LogP contribution in [0.2, 0.25) is 0 Å². The summed E-state index contributed by atoms with van der Waals surface area (Å²) in [6.45, 7) is 6.72. The van der Waals surface area contributed by atoms with Gasteiger partial charge in [0.05, 0.1) is 0 Å². The van der Waals surface area contributed by atoms with Crippen LogP contribution in [0.4, 0.5) is 0 Å². The summed E-state index contributed by atoms with van der Waals surface area (Å²) < 4.78 is 10.6. The van der Waals surface area contributed by atoms with Crippen LogP contribution < -0.4 is 10.5 Å². The molecule has 0 aromatic heterocycles. The maximum absolute atomic E-state index is 12.2. The molecular weight excluding hydrogens is 294 g/mol. The van der Waals surface area contributed by atoms with E-state index in [1.807, 2.05) is 24.3 Å². The maximum atomic E-state index is 12.2. The summed E-state index contributed by atoms with van der Waals surface area (Å²) in [5, 5.41) is 1.48. The number of esters is 2. The third kappa shape index (κ3) is 4.07. The average Bonchev–Trinajstić information content (AvgIpc) is 2.44. The van der Waals surface area contributed by atoms with Crippen molar-refractivity contribution < 1.29 is 19.1 Å². The van der Waals surface area contributed by atoms with E-state index in [1.54, 1.807) is 32.9 Å². The molecule has 5 heteroatoms. The number of hydrogen-bond donors (Lipinski definition) is 1. The van der Waals surface area contributed by atoms with Gasteiger partial charge in [0.2, 0.25) is 0 Å². The van der Waals surface area contributed by atoms with Gasteiger partial charge in [0, 0.05) is 12.3 Å². The fourth-order valence-corrected chi connectivity index (χ4v) is 2.30. The zero-order valence-electron chi connectivity index (χ0n) is 13.8. The van der Waals surface area contributed by atoms with E-state index >= 15 is 0 Å². The van der Waals surface area contributed by atoms with Crippen LogP contribution in [0.3, 0.4) is 0 Å². The molecule has 1 atom stereocenters. The van der Waals surface area contributed by atoms with Gasteiger partial charge in [-0.25, -0.2) is 4.79 Å². The molecule has 0 radical (unpaired) electrons. The molecule has 0 saturated carbocycles. The summed E-state index contributed by atoms with van der Waals surface area (Å²) in [4.78, 5) is 23.5. The highest BCUT2D eigenvalue weighted by Gasteiger charge is 2.25. The predicted molar refractivity (Wildman–Crippen MR) is 88.0 cm³/mol. The minimum absolute atomic E-state index is 0.403. The van der Waals surface area contributed by atoms with E-state index < -0.39 is 23.6 Å². The summed E-state index contributed by atoms with van der Waals surface area (Å²) in [6.07, 6.45) is 0. The Kier molecular flexibility index (Phi) is 4.71. The van der Waals surface area contributed by atoms with Crippen LogP contribution in [-0.4, -0.2) is 17.5 Å². The summed E-state index contributed by atoms with van der Waals surface area (Å²) in [5.74, 6) is -0.463. The van der Waals surface area contributed by atoms with Crippen molar-refractivity contribution in [3.05, 3.63) is 42.0 Å². The zero-order chi connectivity index (χ0) is 17.2. The lowest BCUT2D eigenvalue weighted by atomic mass is 9.98. The molecule has 0 saturated heterocycles. The van der Waals surface area contributed by atoms with Gasteiger partial charge in [0.15, 0.2) is 0 Å². The molecule has 2 aromatic rings. The molecule has 2 aromatic carbocycles. The molecule has 0 bridgehead atoms. The molecule has 0 amide bonds. The monoisotopic (exact) mass is 315 g/mol. The van der Waals surface area contributed by atoms with Gasteiger partial charge in [0.1, 0.15) is 17.4 Å². The van der Waals surface area contributed by atoms with Crippen molar-refractivity contribution >= 4 is 22.7 Å². The van der Waals surface area contributed by atoms with Crippen LogP contribution in [-0.2, 0) is 14.3 Å². The number of rotatable bonds is 3. The number of nitrogens with two attached hydrogens (primary N) is 1. The van der Waals surface area contributed by atoms with Gasteiger partial charge >= 0.3 is 11.9 Å². The van der Waals surface area contributed by atoms with Gasteiger partial charge in [-0.05, 0) is 37.8 Å². The van der Waals surface area contributed by atoms with E-state index in [9.17, 15) is 9.59 Å². The Labute approximate surface area is 135 Å². The predicted octanol–water partition coefficient (Wildman–Crippen LogP) is 3.11. The van der Waals surface area contributed by atoms with E-state index in [1.165, 1.54) is 6.92 Å². The quantitative estimate of drug-likeness (QED) is 0.695.